The summed E-state index contributed by atoms with van der Waals surface area (Å²) in [6, 6.07) is 16.9. The Morgan fingerprint density at radius 1 is 0.952 bits per heavy atom. The molecule has 0 unspecified atom stereocenters. The number of halogens is 1. The van der Waals surface area contributed by atoms with Gasteiger partial charge < -0.3 is 19.7 Å². The lowest BCUT2D eigenvalue weighted by atomic mass is 10.1. The molecule has 226 valence electrons. The van der Waals surface area contributed by atoms with Crippen molar-refractivity contribution >= 4 is 39.1 Å². The lowest BCUT2D eigenvalue weighted by molar-refractivity contribution is -0.139. The van der Waals surface area contributed by atoms with E-state index in [1.807, 2.05) is 20.8 Å². The van der Waals surface area contributed by atoms with Crippen LogP contribution in [-0.4, -0.2) is 58.0 Å². The van der Waals surface area contributed by atoms with Crippen LogP contribution in [0.15, 0.2) is 71.6 Å². The fourth-order valence-corrected chi connectivity index (χ4v) is 5.85. The SMILES string of the molecule is CC[C@@H](C)NC(=O)[C@@H](C)N(Cc1cccc(Cl)c1)C(=O)CN(c1ccc(OC)c(OC)c1)S(=O)(=O)c1ccc(C)cc1. The number of nitrogens with one attached hydrogen (secondary N) is 1. The molecule has 42 heavy (non-hydrogen) atoms. The van der Waals surface area contributed by atoms with Gasteiger partial charge in [-0.15, -0.1) is 0 Å². The summed E-state index contributed by atoms with van der Waals surface area (Å²) in [7, 11) is -1.31. The van der Waals surface area contributed by atoms with Crippen LogP contribution in [0.4, 0.5) is 5.69 Å². The first-order valence-electron chi connectivity index (χ1n) is 13.6. The first-order valence-corrected chi connectivity index (χ1v) is 15.4. The molecule has 11 heteroatoms. The lowest BCUT2D eigenvalue weighted by Crippen LogP contribution is -2.52. The Morgan fingerprint density at radius 2 is 1.62 bits per heavy atom. The van der Waals surface area contributed by atoms with Crippen LogP contribution >= 0.6 is 11.6 Å². The van der Waals surface area contributed by atoms with E-state index in [2.05, 4.69) is 5.32 Å². The number of ether oxygens (including phenoxy) is 2. The summed E-state index contributed by atoms with van der Waals surface area (Å²) in [6.45, 7) is 6.76. The van der Waals surface area contributed by atoms with Crippen molar-refractivity contribution in [2.45, 2.75) is 57.6 Å². The molecule has 1 N–H and O–H groups in total. The molecule has 3 aromatic rings. The first kappa shape index (κ1) is 32.8. The third kappa shape index (κ3) is 7.95. The Balaban J connectivity index is 2.09. The molecule has 0 fully saturated rings. The third-order valence-electron chi connectivity index (χ3n) is 6.95. The monoisotopic (exact) mass is 615 g/mol. The zero-order valence-corrected chi connectivity index (χ0v) is 26.3. The van der Waals surface area contributed by atoms with Crippen molar-refractivity contribution in [2.75, 3.05) is 25.1 Å². The second kappa shape index (κ2) is 14.4. The van der Waals surface area contributed by atoms with Gasteiger partial charge in [0, 0.05) is 23.7 Å². The number of anilines is 1. The van der Waals surface area contributed by atoms with E-state index in [-0.39, 0.29) is 29.1 Å². The number of hydrogen-bond acceptors (Lipinski definition) is 6. The van der Waals surface area contributed by atoms with Gasteiger partial charge in [-0.05, 0) is 69.2 Å². The molecule has 0 spiro atoms. The smallest absolute Gasteiger partial charge is 0.264 e. The van der Waals surface area contributed by atoms with Crippen LogP contribution in [-0.2, 0) is 26.2 Å². The summed E-state index contributed by atoms with van der Waals surface area (Å²) in [5.41, 5.74) is 1.77. The predicted octanol–water partition coefficient (Wildman–Crippen LogP) is 5.19. The Kier molecular flexibility index (Phi) is 11.2. The van der Waals surface area contributed by atoms with Gasteiger partial charge in [-0.2, -0.15) is 0 Å². The molecule has 2 atom stereocenters. The van der Waals surface area contributed by atoms with Crippen LogP contribution in [0.3, 0.4) is 0 Å². The Morgan fingerprint density at radius 3 is 2.21 bits per heavy atom. The molecule has 0 aliphatic heterocycles. The number of aryl methyl sites for hydroxylation is 1. The average molecular weight is 616 g/mol. The maximum absolute atomic E-state index is 14.1. The summed E-state index contributed by atoms with van der Waals surface area (Å²) < 4.78 is 39.8. The van der Waals surface area contributed by atoms with E-state index in [1.165, 1.54) is 37.3 Å². The topological polar surface area (TPSA) is 105 Å². The van der Waals surface area contributed by atoms with Crippen molar-refractivity contribution < 1.29 is 27.5 Å². The highest BCUT2D eigenvalue weighted by molar-refractivity contribution is 7.92. The zero-order chi connectivity index (χ0) is 31.0. The number of nitrogens with zero attached hydrogens (tertiary/aromatic N) is 2. The molecule has 2 amide bonds. The first-order chi connectivity index (χ1) is 19.9. The Hall–Kier alpha value is -3.76. The minimum absolute atomic E-state index is 0.0136. The summed E-state index contributed by atoms with van der Waals surface area (Å²) in [4.78, 5) is 28.6. The fourth-order valence-electron chi connectivity index (χ4n) is 4.23. The van der Waals surface area contributed by atoms with E-state index in [0.29, 0.717) is 28.5 Å². The number of carbonyl (C=O) groups is 2. The number of amides is 2. The summed E-state index contributed by atoms with van der Waals surface area (Å²) in [6.07, 6.45) is 0.711. The molecule has 9 nitrogen and oxygen atoms in total. The molecule has 0 radical (unpaired) electrons. The van der Waals surface area contributed by atoms with Crippen molar-refractivity contribution in [1.82, 2.24) is 10.2 Å². The number of carbonyl (C=O) groups excluding carboxylic acids is 2. The minimum Gasteiger partial charge on any atom is -0.493 e. The van der Waals surface area contributed by atoms with Crippen LogP contribution in [0.25, 0.3) is 0 Å². The highest BCUT2D eigenvalue weighted by Crippen LogP contribution is 2.34. The average Bonchev–Trinajstić information content (AvgIpc) is 2.97. The van der Waals surface area contributed by atoms with Gasteiger partial charge in [-0.25, -0.2) is 8.42 Å². The van der Waals surface area contributed by atoms with Gasteiger partial charge in [-0.3, -0.25) is 13.9 Å². The summed E-state index contributed by atoms with van der Waals surface area (Å²) in [5, 5.41) is 3.39. The van der Waals surface area contributed by atoms with Crippen LogP contribution in [0.2, 0.25) is 5.02 Å². The number of benzene rings is 3. The molecular weight excluding hydrogens is 578 g/mol. The molecule has 0 heterocycles. The molecule has 0 saturated carbocycles. The van der Waals surface area contributed by atoms with E-state index in [1.54, 1.807) is 55.5 Å². The van der Waals surface area contributed by atoms with Crippen LogP contribution in [0, 0.1) is 6.92 Å². The van der Waals surface area contributed by atoms with Gasteiger partial charge in [0.2, 0.25) is 11.8 Å². The molecule has 0 aliphatic carbocycles. The standard InChI is InChI=1S/C31H38ClN3O6S/c1-7-22(3)33-31(37)23(4)34(19-24-9-8-10-25(32)17-24)30(36)20-35(26-13-16-28(40-5)29(18-26)41-6)42(38,39)27-14-11-21(2)12-15-27/h8-18,22-23H,7,19-20H2,1-6H3,(H,33,37)/t22-,23-/m1/s1. The van der Waals surface area contributed by atoms with Crippen LogP contribution in [0.5, 0.6) is 11.5 Å². The van der Waals surface area contributed by atoms with Crippen molar-refractivity contribution in [3.05, 3.63) is 82.9 Å². The molecule has 3 aromatic carbocycles. The van der Waals surface area contributed by atoms with Crippen molar-refractivity contribution in [1.29, 1.82) is 0 Å². The summed E-state index contributed by atoms with van der Waals surface area (Å²) in [5.74, 6) is -0.229. The summed E-state index contributed by atoms with van der Waals surface area (Å²) >= 11 is 6.20. The Bertz CT molecular complexity index is 1500. The largest absolute Gasteiger partial charge is 0.493 e. The van der Waals surface area contributed by atoms with Gasteiger partial charge in [0.15, 0.2) is 11.5 Å². The maximum Gasteiger partial charge on any atom is 0.264 e. The number of hydrogen-bond donors (Lipinski definition) is 1. The molecule has 3 rings (SSSR count). The highest BCUT2D eigenvalue weighted by atomic mass is 35.5. The maximum atomic E-state index is 14.1. The quantitative estimate of drug-likeness (QED) is 0.284. The van der Waals surface area contributed by atoms with Crippen molar-refractivity contribution in [2.24, 2.45) is 0 Å². The van der Waals surface area contributed by atoms with E-state index >= 15 is 0 Å². The molecule has 0 bridgehead atoms. The second-order valence-electron chi connectivity index (χ2n) is 10.0. The predicted molar refractivity (Wildman–Crippen MR) is 165 cm³/mol. The van der Waals surface area contributed by atoms with Gasteiger partial charge in [0.05, 0.1) is 24.8 Å². The lowest BCUT2D eigenvalue weighted by Gasteiger charge is -2.32. The molecule has 0 aliphatic rings. The number of rotatable bonds is 13. The Labute approximate surface area is 253 Å². The van der Waals surface area contributed by atoms with E-state index in [9.17, 15) is 18.0 Å². The number of sulfonamides is 1. The second-order valence-corrected chi connectivity index (χ2v) is 12.3. The third-order valence-corrected chi connectivity index (χ3v) is 8.98. The highest BCUT2D eigenvalue weighted by Gasteiger charge is 2.33. The normalized spacial score (nSPS) is 12.6. The number of methoxy groups -OCH3 is 2. The van der Waals surface area contributed by atoms with E-state index < -0.39 is 28.5 Å². The van der Waals surface area contributed by atoms with Crippen molar-refractivity contribution in [3.8, 4) is 11.5 Å². The van der Waals surface area contributed by atoms with E-state index in [0.717, 1.165) is 9.87 Å². The van der Waals surface area contributed by atoms with Crippen molar-refractivity contribution in [3.63, 3.8) is 0 Å². The van der Waals surface area contributed by atoms with Gasteiger partial charge in [0.1, 0.15) is 12.6 Å². The minimum atomic E-state index is -4.22. The van der Waals surface area contributed by atoms with Gasteiger partial charge >= 0.3 is 0 Å². The van der Waals surface area contributed by atoms with Gasteiger partial charge in [0.25, 0.3) is 10.0 Å². The van der Waals surface area contributed by atoms with Crippen LogP contribution < -0.4 is 19.1 Å². The fraction of sp³-hybridized carbons (Fsp3) is 0.355. The molecule has 0 saturated heterocycles. The molecule has 0 aromatic heterocycles. The van der Waals surface area contributed by atoms with Gasteiger partial charge in [-0.1, -0.05) is 48.4 Å². The van der Waals surface area contributed by atoms with E-state index in [4.69, 9.17) is 21.1 Å². The molecular formula is C31H38ClN3O6S. The van der Waals surface area contributed by atoms with Crippen LogP contribution in [0.1, 0.15) is 38.3 Å². The zero-order valence-electron chi connectivity index (χ0n) is 24.8.